The second kappa shape index (κ2) is 3.74. The summed E-state index contributed by atoms with van der Waals surface area (Å²) in [4.78, 5) is 13.2. The highest BCUT2D eigenvalue weighted by Gasteiger charge is 2.12. The number of fused-ring (bicyclic) bond motifs is 1. The maximum absolute atomic E-state index is 13.3. The van der Waals surface area contributed by atoms with Gasteiger partial charge in [-0.3, -0.25) is 0 Å². The van der Waals surface area contributed by atoms with Gasteiger partial charge in [-0.1, -0.05) is 17.4 Å². The number of nitrogen functional groups attached to an aromatic ring is 1. The first kappa shape index (κ1) is 10.1. The Kier molecular flexibility index (Phi) is 2.22. The third-order valence-electron chi connectivity index (χ3n) is 2.33. The summed E-state index contributed by atoms with van der Waals surface area (Å²) >= 11 is 1.34. The lowest BCUT2D eigenvalue weighted by Crippen LogP contribution is -1.93. The Morgan fingerprint density at radius 3 is 2.82 bits per heavy atom. The minimum Gasteiger partial charge on any atom is -0.396 e. The molecule has 2 heterocycles. The van der Waals surface area contributed by atoms with Crippen molar-refractivity contribution in [3.63, 3.8) is 0 Å². The number of benzene rings is 1. The van der Waals surface area contributed by atoms with Crippen molar-refractivity contribution in [1.82, 2.24) is 15.0 Å². The van der Waals surface area contributed by atoms with Crippen LogP contribution in [0.3, 0.4) is 0 Å². The minimum absolute atomic E-state index is 0.103. The zero-order valence-electron chi connectivity index (χ0n) is 8.59. The van der Waals surface area contributed by atoms with Crippen LogP contribution < -0.4 is 5.73 Å². The Balaban J connectivity index is 2.24. The summed E-state index contributed by atoms with van der Waals surface area (Å²) in [5, 5.41) is 0.628. The van der Waals surface area contributed by atoms with E-state index in [2.05, 4.69) is 15.0 Å². The molecule has 0 unspecified atom stereocenters. The molecule has 3 aromatic rings. The standard InChI is InChI=1S/C11H7FN4S/c12-7-3-1-2-6(8(7)13)10-16-9-11(17-10)15-5-4-14-9/h1-5H,13H2. The van der Waals surface area contributed by atoms with Crippen LogP contribution in [0.15, 0.2) is 30.6 Å². The maximum Gasteiger partial charge on any atom is 0.190 e. The quantitative estimate of drug-likeness (QED) is 0.670. The first-order chi connectivity index (χ1) is 8.25. The van der Waals surface area contributed by atoms with E-state index in [4.69, 9.17) is 5.73 Å². The molecule has 0 aliphatic carbocycles. The molecule has 0 aliphatic rings. The van der Waals surface area contributed by atoms with E-state index in [1.807, 2.05) is 0 Å². The first-order valence-corrected chi connectivity index (χ1v) is 5.69. The third kappa shape index (κ3) is 1.62. The van der Waals surface area contributed by atoms with Gasteiger partial charge in [0, 0.05) is 18.0 Å². The molecule has 2 aromatic heterocycles. The highest BCUT2D eigenvalue weighted by Crippen LogP contribution is 2.32. The van der Waals surface area contributed by atoms with Gasteiger partial charge < -0.3 is 5.73 Å². The number of aromatic nitrogens is 3. The van der Waals surface area contributed by atoms with Crippen molar-refractivity contribution in [2.24, 2.45) is 0 Å². The molecular formula is C11H7FN4S. The van der Waals surface area contributed by atoms with E-state index in [0.717, 1.165) is 0 Å². The van der Waals surface area contributed by atoms with Gasteiger partial charge in [0.05, 0.1) is 5.69 Å². The van der Waals surface area contributed by atoms with Gasteiger partial charge in [0.2, 0.25) is 0 Å². The number of thiazole rings is 1. The van der Waals surface area contributed by atoms with Gasteiger partial charge in [-0.05, 0) is 12.1 Å². The number of anilines is 1. The smallest absolute Gasteiger partial charge is 0.190 e. The van der Waals surface area contributed by atoms with Gasteiger partial charge in [-0.15, -0.1) is 0 Å². The summed E-state index contributed by atoms with van der Waals surface area (Å²) in [6.45, 7) is 0. The highest BCUT2D eigenvalue weighted by atomic mass is 32.1. The Labute approximate surface area is 100.0 Å². The molecule has 2 N–H and O–H groups in total. The van der Waals surface area contributed by atoms with E-state index < -0.39 is 5.82 Å². The normalized spacial score (nSPS) is 10.9. The monoisotopic (exact) mass is 246 g/mol. The minimum atomic E-state index is -0.442. The molecule has 0 saturated carbocycles. The van der Waals surface area contributed by atoms with Crippen LogP contribution >= 0.6 is 11.3 Å². The number of halogens is 1. The largest absolute Gasteiger partial charge is 0.396 e. The SMILES string of the molecule is Nc1c(F)cccc1-c1nc2nccnc2s1. The molecule has 17 heavy (non-hydrogen) atoms. The Morgan fingerprint density at radius 1 is 1.18 bits per heavy atom. The van der Waals surface area contributed by atoms with Crippen LogP contribution in [0.2, 0.25) is 0 Å². The van der Waals surface area contributed by atoms with Gasteiger partial charge in [-0.25, -0.2) is 19.3 Å². The summed E-state index contributed by atoms with van der Waals surface area (Å²) in [6, 6.07) is 4.66. The van der Waals surface area contributed by atoms with Crippen LogP contribution in [0, 0.1) is 5.82 Å². The van der Waals surface area contributed by atoms with E-state index >= 15 is 0 Å². The Hall–Kier alpha value is -2.08. The molecule has 0 saturated heterocycles. The fraction of sp³-hybridized carbons (Fsp3) is 0. The van der Waals surface area contributed by atoms with Crippen LogP contribution in [0.25, 0.3) is 21.0 Å². The van der Waals surface area contributed by atoms with Crippen LogP contribution in [-0.4, -0.2) is 15.0 Å². The fourth-order valence-electron chi connectivity index (χ4n) is 1.52. The molecule has 0 atom stereocenters. The summed E-state index contributed by atoms with van der Waals surface area (Å²) in [6.07, 6.45) is 3.17. The second-order valence-corrected chi connectivity index (χ2v) is 4.38. The average Bonchev–Trinajstić information content (AvgIpc) is 2.76. The predicted octanol–water partition coefficient (Wildman–Crippen LogP) is 2.47. The molecule has 84 valence electrons. The lowest BCUT2D eigenvalue weighted by molar-refractivity contribution is 0.633. The van der Waals surface area contributed by atoms with Gasteiger partial charge in [-0.2, -0.15) is 0 Å². The van der Waals surface area contributed by atoms with Gasteiger partial charge in [0.25, 0.3) is 0 Å². The molecule has 0 fully saturated rings. The van der Waals surface area contributed by atoms with Crippen LogP contribution in [0.5, 0.6) is 0 Å². The molecule has 4 nitrogen and oxygen atoms in total. The molecule has 0 spiro atoms. The Bertz CT molecular complexity index is 662. The third-order valence-corrected chi connectivity index (χ3v) is 3.32. The van der Waals surface area contributed by atoms with Crippen LogP contribution in [0.4, 0.5) is 10.1 Å². The molecule has 0 amide bonds. The number of hydrogen-bond acceptors (Lipinski definition) is 5. The predicted molar refractivity (Wildman–Crippen MR) is 65.0 cm³/mol. The molecular weight excluding hydrogens is 239 g/mol. The molecule has 6 heteroatoms. The molecule has 3 rings (SSSR count). The number of nitrogens with zero attached hydrogens (tertiary/aromatic N) is 3. The molecule has 0 aliphatic heterocycles. The van der Waals surface area contributed by atoms with Crippen molar-refractivity contribution < 1.29 is 4.39 Å². The lowest BCUT2D eigenvalue weighted by Gasteiger charge is -2.01. The fourth-order valence-corrected chi connectivity index (χ4v) is 2.42. The summed E-state index contributed by atoms with van der Waals surface area (Å²) in [5.41, 5.74) is 6.92. The highest BCUT2D eigenvalue weighted by molar-refractivity contribution is 7.21. The van der Waals surface area contributed by atoms with Crippen LogP contribution in [0.1, 0.15) is 0 Å². The maximum atomic E-state index is 13.3. The second-order valence-electron chi connectivity index (χ2n) is 3.41. The van der Waals surface area contributed by atoms with Crippen molar-refractivity contribution in [2.45, 2.75) is 0 Å². The summed E-state index contributed by atoms with van der Waals surface area (Å²) in [7, 11) is 0. The number of nitrogens with two attached hydrogens (primary N) is 1. The zero-order valence-corrected chi connectivity index (χ0v) is 9.41. The van der Waals surface area contributed by atoms with Crippen molar-refractivity contribution in [1.29, 1.82) is 0 Å². The van der Waals surface area contributed by atoms with Crippen molar-refractivity contribution in [3.05, 3.63) is 36.4 Å². The van der Waals surface area contributed by atoms with E-state index in [1.54, 1.807) is 24.5 Å². The number of para-hydroxylation sites is 1. The number of hydrogen-bond donors (Lipinski definition) is 1. The summed E-state index contributed by atoms with van der Waals surface area (Å²) in [5.74, 6) is -0.442. The lowest BCUT2D eigenvalue weighted by atomic mass is 10.2. The first-order valence-electron chi connectivity index (χ1n) is 4.87. The van der Waals surface area contributed by atoms with Crippen molar-refractivity contribution in [2.75, 3.05) is 5.73 Å². The molecule has 1 aromatic carbocycles. The van der Waals surface area contributed by atoms with E-state index in [9.17, 15) is 4.39 Å². The molecule has 0 radical (unpaired) electrons. The van der Waals surface area contributed by atoms with Crippen molar-refractivity contribution >= 4 is 27.5 Å². The average molecular weight is 246 g/mol. The molecule has 0 bridgehead atoms. The Morgan fingerprint density at radius 2 is 2.00 bits per heavy atom. The topological polar surface area (TPSA) is 64.7 Å². The summed E-state index contributed by atoms with van der Waals surface area (Å²) < 4.78 is 13.3. The van der Waals surface area contributed by atoms with E-state index in [-0.39, 0.29) is 5.69 Å². The van der Waals surface area contributed by atoms with Crippen molar-refractivity contribution in [3.8, 4) is 10.6 Å². The van der Waals surface area contributed by atoms with Gasteiger partial charge in [0.1, 0.15) is 10.8 Å². The van der Waals surface area contributed by atoms with Gasteiger partial charge in [0.15, 0.2) is 10.5 Å². The van der Waals surface area contributed by atoms with Gasteiger partial charge >= 0.3 is 0 Å². The van der Waals surface area contributed by atoms with E-state index in [1.165, 1.54) is 17.4 Å². The van der Waals surface area contributed by atoms with E-state index in [0.29, 0.717) is 21.0 Å². The van der Waals surface area contributed by atoms with Crippen LogP contribution in [-0.2, 0) is 0 Å². The zero-order chi connectivity index (χ0) is 11.8. The number of rotatable bonds is 1.